The molecule has 0 amide bonds. The number of benzene rings is 1. The summed E-state index contributed by atoms with van der Waals surface area (Å²) in [6, 6.07) is 8.43. The monoisotopic (exact) mass is 244 g/mol. The molecule has 1 unspecified atom stereocenters. The fourth-order valence-corrected chi connectivity index (χ4v) is 3.07. The van der Waals surface area contributed by atoms with Crippen LogP contribution >= 0.6 is 11.6 Å². The van der Waals surface area contributed by atoms with Crippen molar-refractivity contribution in [2.24, 2.45) is 5.92 Å². The third kappa shape index (κ3) is 3.68. The van der Waals surface area contributed by atoms with Crippen molar-refractivity contribution in [2.45, 2.75) is 11.8 Å². The van der Waals surface area contributed by atoms with Crippen LogP contribution in [0.1, 0.15) is 6.92 Å². The quantitative estimate of drug-likeness (QED) is 0.816. The first-order chi connectivity index (χ1) is 7.06. The Morgan fingerprint density at radius 1 is 1.33 bits per heavy atom. The minimum Gasteiger partial charge on any atom is -0.224 e. The van der Waals surface area contributed by atoms with Crippen LogP contribution in [-0.2, 0) is 9.84 Å². The lowest BCUT2D eigenvalue weighted by Crippen LogP contribution is -2.12. The molecule has 15 heavy (non-hydrogen) atoms. The van der Waals surface area contributed by atoms with Crippen molar-refractivity contribution in [3.63, 3.8) is 0 Å². The van der Waals surface area contributed by atoms with Crippen LogP contribution in [-0.4, -0.2) is 14.2 Å². The molecule has 1 aromatic rings. The molecular formula is C11H13ClO2S. The second kappa shape index (κ2) is 5.33. The molecular weight excluding hydrogens is 232 g/mol. The molecule has 0 spiro atoms. The van der Waals surface area contributed by atoms with E-state index in [0.29, 0.717) is 4.90 Å². The fraction of sp³-hybridized carbons (Fsp3) is 0.273. The zero-order valence-electron chi connectivity index (χ0n) is 8.43. The first-order valence-electron chi connectivity index (χ1n) is 4.61. The number of halogens is 1. The van der Waals surface area contributed by atoms with Gasteiger partial charge >= 0.3 is 0 Å². The van der Waals surface area contributed by atoms with Gasteiger partial charge in [0, 0.05) is 5.54 Å². The lowest BCUT2D eigenvalue weighted by Gasteiger charge is -2.07. The van der Waals surface area contributed by atoms with Crippen LogP contribution in [0.5, 0.6) is 0 Å². The molecule has 0 heterocycles. The van der Waals surface area contributed by atoms with Crippen LogP contribution in [0.25, 0.3) is 0 Å². The molecule has 0 saturated carbocycles. The Morgan fingerprint density at radius 2 is 1.93 bits per heavy atom. The molecule has 4 heteroatoms. The maximum absolute atomic E-state index is 11.8. The number of allylic oxidation sites excluding steroid dienone is 1. The lowest BCUT2D eigenvalue weighted by molar-refractivity contribution is 0.588. The standard InChI is InChI=1S/C11H13ClO2S/c1-10(7-8-12)9-15(13,14)11-5-3-2-4-6-11/h2-8,10H,9H2,1H3. The van der Waals surface area contributed by atoms with Gasteiger partial charge in [-0.3, -0.25) is 0 Å². The molecule has 82 valence electrons. The summed E-state index contributed by atoms with van der Waals surface area (Å²) in [6.45, 7) is 1.82. The molecule has 0 aromatic heterocycles. The summed E-state index contributed by atoms with van der Waals surface area (Å²) >= 11 is 5.40. The molecule has 2 nitrogen and oxygen atoms in total. The number of sulfone groups is 1. The van der Waals surface area contributed by atoms with E-state index in [2.05, 4.69) is 0 Å². The van der Waals surface area contributed by atoms with E-state index in [0.717, 1.165) is 0 Å². The molecule has 0 aliphatic rings. The van der Waals surface area contributed by atoms with Gasteiger partial charge in [-0.25, -0.2) is 8.42 Å². The second-order valence-corrected chi connectivity index (χ2v) is 5.68. The molecule has 1 rings (SSSR count). The Balaban J connectivity index is 2.86. The van der Waals surface area contributed by atoms with Crippen LogP contribution < -0.4 is 0 Å². The SMILES string of the molecule is CC(C=CCl)CS(=O)(=O)c1ccccc1. The maximum Gasteiger partial charge on any atom is 0.178 e. The predicted molar refractivity (Wildman–Crippen MR) is 62.7 cm³/mol. The van der Waals surface area contributed by atoms with Gasteiger partial charge < -0.3 is 0 Å². The van der Waals surface area contributed by atoms with E-state index in [1.54, 1.807) is 36.4 Å². The zero-order valence-corrected chi connectivity index (χ0v) is 10.0. The van der Waals surface area contributed by atoms with Gasteiger partial charge in [-0.15, -0.1) is 0 Å². The highest BCUT2D eigenvalue weighted by molar-refractivity contribution is 7.91. The van der Waals surface area contributed by atoms with Crippen LogP contribution in [0.2, 0.25) is 0 Å². The van der Waals surface area contributed by atoms with Crippen molar-refractivity contribution in [1.29, 1.82) is 0 Å². The molecule has 0 aliphatic carbocycles. The minimum absolute atomic E-state index is 0.0762. The zero-order chi connectivity index (χ0) is 11.3. The third-order valence-electron chi connectivity index (χ3n) is 1.99. The van der Waals surface area contributed by atoms with Gasteiger partial charge in [0.05, 0.1) is 10.6 Å². The highest BCUT2D eigenvalue weighted by Crippen LogP contribution is 2.14. The summed E-state index contributed by atoms with van der Waals surface area (Å²) in [5.74, 6) is 0.00737. The summed E-state index contributed by atoms with van der Waals surface area (Å²) in [6.07, 6.45) is 1.67. The van der Waals surface area contributed by atoms with Crippen LogP contribution in [0.15, 0.2) is 46.8 Å². The normalized spacial score (nSPS) is 14.3. The average molecular weight is 245 g/mol. The smallest absolute Gasteiger partial charge is 0.178 e. The van der Waals surface area contributed by atoms with E-state index < -0.39 is 9.84 Å². The Kier molecular flexibility index (Phi) is 4.36. The number of hydrogen-bond donors (Lipinski definition) is 0. The summed E-state index contributed by atoms with van der Waals surface area (Å²) < 4.78 is 23.7. The second-order valence-electron chi connectivity index (χ2n) is 3.39. The molecule has 0 aliphatic heterocycles. The van der Waals surface area contributed by atoms with E-state index in [1.807, 2.05) is 6.92 Å². The summed E-state index contributed by atoms with van der Waals surface area (Å²) in [7, 11) is -3.19. The molecule has 0 radical (unpaired) electrons. The van der Waals surface area contributed by atoms with Gasteiger partial charge in [0.15, 0.2) is 9.84 Å². The van der Waals surface area contributed by atoms with Gasteiger partial charge in [-0.1, -0.05) is 42.8 Å². The van der Waals surface area contributed by atoms with Gasteiger partial charge in [-0.05, 0) is 18.1 Å². The molecule has 1 atom stereocenters. The summed E-state index contributed by atoms with van der Waals surface area (Å²) in [5, 5.41) is 0. The lowest BCUT2D eigenvalue weighted by atomic mass is 10.2. The van der Waals surface area contributed by atoms with E-state index in [4.69, 9.17) is 11.6 Å². The fourth-order valence-electron chi connectivity index (χ4n) is 1.25. The summed E-state index contributed by atoms with van der Waals surface area (Å²) in [5.41, 5.74) is 1.35. The topological polar surface area (TPSA) is 34.1 Å². The van der Waals surface area contributed by atoms with E-state index in [1.165, 1.54) is 5.54 Å². The Labute approximate surface area is 95.5 Å². The van der Waals surface area contributed by atoms with Crippen molar-refractivity contribution in [3.8, 4) is 0 Å². The van der Waals surface area contributed by atoms with Gasteiger partial charge in [0.2, 0.25) is 0 Å². The minimum atomic E-state index is -3.19. The van der Waals surface area contributed by atoms with Crippen LogP contribution in [0.4, 0.5) is 0 Å². The third-order valence-corrected chi connectivity index (χ3v) is 4.09. The first-order valence-corrected chi connectivity index (χ1v) is 6.70. The number of rotatable bonds is 4. The van der Waals surface area contributed by atoms with Crippen LogP contribution in [0, 0.1) is 5.92 Å². The highest BCUT2D eigenvalue weighted by Gasteiger charge is 2.16. The molecule has 0 bridgehead atoms. The number of hydrogen-bond acceptors (Lipinski definition) is 2. The largest absolute Gasteiger partial charge is 0.224 e. The Hall–Kier alpha value is -0.800. The molecule has 1 aromatic carbocycles. The van der Waals surface area contributed by atoms with Crippen molar-refractivity contribution in [3.05, 3.63) is 41.9 Å². The van der Waals surface area contributed by atoms with Crippen LogP contribution in [0.3, 0.4) is 0 Å². The van der Waals surface area contributed by atoms with Crippen molar-refractivity contribution in [2.75, 3.05) is 5.75 Å². The first kappa shape index (κ1) is 12.3. The Bertz CT molecular complexity index is 423. The maximum atomic E-state index is 11.8. The van der Waals surface area contributed by atoms with Gasteiger partial charge in [0.1, 0.15) is 0 Å². The molecule has 0 fully saturated rings. The van der Waals surface area contributed by atoms with E-state index in [-0.39, 0.29) is 11.7 Å². The van der Waals surface area contributed by atoms with Gasteiger partial charge in [0.25, 0.3) is 0 Å². The molecule has 0 saturated heterocycles. The van der Waals surface area contributed by atoms with E-state index >= 15 is 0 Å². The van der Waals surface area contributed by atoms with E-state index in [9.17, 15) is 8.42 Å². The highest BCUT2D eigenvalue weighted by atomic mass is 35.5. The predicted octanol–water partition coefficient (Wildman–Crippen LogP) is 2.85. The molecule has 0 N–H and O–H groups in total. The van der Waals surface area contributed by atoms with Crippen molar-refractivity contribution in [1.82, 2.24) is 0 Å². The Morgan fingerprint density at radius 3 is 2.47 bits per heavy atom. The summed E-state index contributed by atoms with van der Waals surface area (Å²) in [4.78, 5) is 0.361. The average Bonchev–Trinajstić information content (AvgIpc) is 2.18. The van der Waals surface area contributed by atoms with Crippen molar-refractivity contribution >= 4 is 21.4 Å². The van der Waals surface area contributed by atoms with Gasteiger partial charge in [-0.2, -0.15) is 0 Å². The van der Waals surface area contributed by atoms with Crippen molar-refractivity contribution < 1.29 is 8.42 Å².